The maximum atomic E-state index is 15.9. The van der Waals surface area contributed by atoms with Crippen LogP contribution in [-0.4, -0.2) is 34.1 Å². The molecule has 33 heavy (non-hydrogen) atoms. The van der Waals surface area contributed by atoms with Crippen LogP contribution in [0.5, 0.6) is 6.01 Å². The van der Waals surface area contributed by atoms with Crippen molar-refractivity contribution in [1.82, 2.24) is 15.0 Å². The van der Waals surface area contributed by atoms with Gasteiger partial charge in [-0.2, -0.15) is 9.97 Å². The molecule has 7 heteroatoms. The maximum absolute atomic E-state index is 15.9. The van der Waals surface area contributed by atoms with Crippen molar-refractivity contribution in [2.24, 2.45) is 5.73 Å². The molecule has 0 radical (unpaired) electrons. The van der Waals surface area contributed by atoms with Gasteiger partial charge in [0.1, 0.15) is 17.0 Å². The quantitative estimate of drug-likeness (QED) is 0.448. The monoisotopic (exact) mass is 441 g/mol. The molecule has 0 unspecified atom stereocenters. The second-order valence-corrected chi connectivity index (χ2v) is 8.35. The number of aromatic nitrogens is 3. The second kappa shape index (κ2) is 8.64. The van der Waals surface area contributed by atoms with Gasteiger partial charge in [0, 0.05) is 34.8 Å². The molecule has 2 heterocycles. The molecule has 1 saturated carbocycles. The average molecular weight is 442 g/mol. The lowest BCUT2D eigenvalue weighted by atomic mass is 9.92. The van der Waals surface area contributed by atoms with Crippen LogP contribution in [0.4, 0.5) is 10.2 Å². The van der Waals surface area contributed by atoms with Gasteiger partial charge in [0.25, 0.3) is 0 Å². The van der Waals surface area contributed by atoms with E-state index < -0.39 is 5.82 Å². The average Bonchev–Trinajstić information content (AvgIpc) is 2.85. The van der Waals surface area contributed by atoms with Crippen LogP contribution in [0.1, 0.15) is 31.2 Å². The van der Waals surface area contributed by atoms with Crippen LogP contribution in [0.2, 0.25) is 0 Å². The number of hydrogen-bond acceptors (Lipinski definition) is 6. The number of benzene rings is 2. The maximum Gasteiger partial charge on any atom is 0.318 e. The zero-order valence-corrected chi connectivity index (χ0v) is 18.3. The number of hydrogen-bond donors (Lipinski definition) is 2. The molecule has 2 aromatic heterocycles. The summed E-state index contributed by atoms with van der Waals surface area (Å²) >= 11 is 0. The van der Waals surface area contributed by atoms with Gasteiger partial charge in [0.15, 0.2) is 5.82 Å². The van der Waals surface area contributed by atoms with Crippen LogP contribution in [-0.2, 0) is 0 Å². The predicted molar refractivity (Wildman–Crippen MR) is 129 cm³/mol. The first kappa shape index (κ1) is 21.1. The van der Waals surface area contributed by atoms with Gasteiger partial charge in [0.2, 0.25) is 0 Å². The summed E-state index contributed by atoms with van der Waals surface area (Å²) in [6.07, 6.45) is 11.1. The van der Waals surface area contributed by atoms with Gasteiger partial charge in [-0.1, -0.05) is 36.3 Å². The highest BCUT2D eigenvalue weighted by molar-refractivity contribution is 6.01. The lowest BCUT2D eigenvalue weighted by molar-refractivity contribution is 0.380. The Hall–Kier alpha value is -3.76. The van der Waals surface area contributed by atoms with Gasteiger partial charge in [-0.3, -0.25) is 4.98 Å². The number of nitrogens with zero attached hydrogens (tertiary/aromatic N) is 3. The Balaban J connectivity index is 1.66. The molecule has 6 nitrogen and oxygen atoms in total. The molecule has 0 amide bonds. The van der Waals surface area contributed by atoms with Crippen molar-refractivity contribution < 1.29 is 9.13 Å². The predicted octanol–water partition coefficient (Wildman–Crippen LogP) is 4.66. The van der Waals surface area contributed by atoms with Crippen molar-refractivity contribution in [3.63, 3.8) is 0 Å². The standard InChI is InChI=1S/C26H24FN5O/c1-3-15-6-4-7-16-8-5-9-19(21(15)16)23-22(27)24-20(14-29-23)25(32-26(31-24)33-2)30-18-12-10-17(28)11-13-18/h1,4-9,14,17-18H,10-13,28H2,2H3,(H,30,31,32). The van der Waals surface area contributed by atoms with Crippen molar-refractivity contribution in [1.29, 1.82) is 0 Å². The first-order valence-electron chi connectivity index (χ1n) is 11.0. The molecule has 0 aliphatic heterocycles. The SMILES string of the molecule is C#Cc1cccc2cccc(-c3ncc4c(NC5CCC(N)CC5)nc(OC)nc4c3F)c12. The summed E-state index contributed by atoms with van der Waals surface area (Å²) in [5.74, 6) is 2.67. The first-order chi connectivity index (χ1) is 16.1. The molecule has 0 spiro atoms. The minimum atomic E-state index is -0.541. The highest BCUT2D eigenvalue weighted by atomic mass is 19.1. The van der Waals surface area contributed by atoms with E-state index in [0.29, 0.717) is 22.3 Å². The van der Waals surface area contributed by atoms with Crippen molar-refractivity contribution in [2.75, 3.05) is 12.4 Å². The van der Waals surface area contributed by atoms with E-state index >= 15 is 4.39 Å². The Morgan fingerprint density at radius 1 is 1.12 bits per heavy atom. The van der Waals surface area contributed by atoms with Crippen LogP contribution in [0, 0.1) is 18.2 Å². The third-order valence-corrected chi connectivity index (χ3v) is 6.27. The molecule has 3 N–H and O–H groups in total. The zero-order valence-electron chi connectivity index (χ0n) is 18.3. The van der Waals surface area contributed by atoms with E-state index in [4.69, 9.17) is 16.9 Å². The van der Waals surface area contributed by atoms with Crippen molar-refractivity contribution in [3.8, 4) is 29.6 Å². The Bertz CT molecular complexity index is 1380. The second-order valence-electron chi connectivity index (χ2n) is 8.35. The highest BCUT2D eigenvalue weighted by Crippen LogP contribution is 2.35. The topological polar surface area (TPSA) is 86.0 Å². The zero-order chi connectivity index (χ0) is 22.9. The van der Waals surface area contributed by atoms with Gasteiger partial charge in [0.05, 0.1) is 12.5 Å². The fourth-order valence-corrected chi connectivity index (χ4v) is 4.54. The van der Waals surface area contributed by atoms with E-state index in [9.17, 15) is 0 Å². The van der Waals surface area contributed by atoms with E-state index in [0.717, 1.165) is 36.5 Å². The number of anilines is 1. The Kier molecular flexibility index (Phi) is 5.53. The van der Waals surface area contributed by atoms with E-state index in [1.54, 1.807) is 6.20 Å². The summed E-state index contributed by atoms with van der Waals surface area (Å²) < 4.78 is 21.2. The molecule has 1 aliphatic rings. The van der Waals surface area contributed by atoms with Gasteiger partial charge in [-0.25, -0.2) is 4.39 Å². The molecule has 5 rings (SSSR count). The lowest BCUT2D eigenvalue weighted by Gasteiger charge is -2.27. The Labute approximate surface area is 191 Å². The minimum Gasteiger partial charge on any atom is -0.467 e. The number of rotatable bonds is 4. The largest absolute Gasteiger partial charge is 0.467 e. The molecular weight excluding hydrogens is 417 g/mol. The fourth-order valence-electron chi connectivity index (χ4n) is 4.54. The number of nitrogens with one attached hydrogen (secondary N) is 1. The normalized spacial score (nSPS) is 18.2. The fraction of sp³-hybridized carbons (Fsp3) is 0.269. The smallest absolute Gasteiger partial charge is 0.318 e. The molecule has 0 saturated heterocycles. The summed E-state index contributed by atoms with van der Waals surface area (Å²) in [4.78, 5) is 13.3. The molecule has 4 aromatic rings. The molecule has 166 valence electrons. The van der Waals surface area contributed by atoms with Crippen molar-refractivity contribution in [3.05, 3.63) is 54.0 Å². The first-order valence-corrected chi connectivity index (χ1v) is 11.0. The van der Waals surface area contributed by atoms with Crippen LogP contribution >= 0.6 is 0 Å². The molecule has 1 fully saturated rings. The summed E-state index contributed by atoms with van der Waals surface area (Å²) in [7, 11) is 1.47. The van der Waals surface area contributed by atoms with E-state index in [1.807, 2.05) is 36.4 Å². The number of methoxy groups -OCH3 is 1. The van der Waals surface area contributed by atoms with E-state index in [-0.39, 0.29) is 29.3 Å². The van der Waals surface area contributed by atoms with Crippen molar-refractivity contribution >= 4 is 27.5 Å². The number of terminal acetylenes is 1. The molecule has 1 aliphatic carbocycles. The number of nitrogens with two attached hydrogens (primary N) is 1. The van der Waals surface area contributed by atoms with Gasteiger partial charge >= 0.3 is 6.01 Å². The van der Waals surface area contributed by atoms with Crippen LogP contribution in [0.15, 0.2) is 42.6 Å². The summed E-state index contributed by atoms with van der Waals surface area (Å²) in [6, 6.07) is 11.8. The third-order valence-electron chi connectivity index (χ3n) is 6.27. The molecule has 0 bridgehead atoms. The number of pyridine rings is 1. The van der Waals surface area contributed by atoms with Crippen molar-refractivity contribution in [2.45, 2.75) is 37.8 Å². The lowest BCUT2D eigenvalue weighted by Crippen LogP contribution is -2.33. The van der Waals surface area contributed by atoms with Gasteiger partial charge in [-0.15, -0.1) is 6.42 Å². The number of fused-ring (bicyclic) bond motifs is 2. The van der Waals surface area contributed by atoms with Crippen LogP contribution in [0.25, 0.3) is 32.9 Å². The minimum absolute atomic E-state index is 0.0933. The molecular formula is C26H24FN5O. The van der Waals surface area contributed by atoms with E-state index in [2.05, 4.69) is 26.2 Å². The molecule has 0 atom stereocenters. The Morgan fingerprint density at radius 2 is 1.88 bits per heavy atom. The van der Waals surface area contributed by atoms with Gasteiger partial charge in [-0.05, 0) is 37.1 Å². The summed E-state index contributed by atoms with van der Waals surface area (Å²) in [5.41, 5.74) is 7.67. The highest BCUT2D eigenvalue weighted by Gasteiger charge is 2.23. The van der Waals surface area contributed by atoms with Gasteiger partial charge < -0.3 is 15.8 Å². The molecule has 2 aromatic carbocycles. The summed E-state index contributed by atoms with van der Waals surface area (Å²) in [6.45, 7) is 0. The Morgan fingerprint density at radius 3 is 2.61 bits per heavy atom. The van der Waals surface area contributed by atoms with E-state index in [1.165, 1.54) is 7.11 Å². The third kappa shape index (κ3) is 3.83. The number of ether oxygens (including phenoxy) is 1. The number of halogens is 1. The van der Waals surface area contributed by atoms with Crippen LogP contribution in [0.3, 0.4) is 0 Å². The van der Waals surface area contributed by atoms with Crippen LogP contribution < -0.4 is 15.8 Å². The summed E-state index contributed by atoms with van der Waals surface area (Å²) in [5, 5.41) is 5.64.